The van der Waals surface area contributed by atoms with Crippen molar-refractivity contribution in [3.05, 3.63) is 33.4 Å². The van der Waals surface area contributed by atoms with E-state index >= 15 is 0 Å². The summed E-state index contributed by atoms with van der Waals surface area (Å²) in [7, 11) is -3.51. The maximum atomic E-state index is 12.0. The summed E-state index contributed by atoms with van der Waals surface area (Å²) < 4.78 is 26.7. The van der Waals surface area contributed by atoms with E-state index in [0.717, 1.165) is 4.88 Å². The van der Waals surface area contributed by atoms with Gasteiger partial charge >= 0.3 is 0 Å². The van der Waals surface area contributed by atoms with E-state index in [0.29, 0.717) is 18.8 Å². The molecule has 0 unspecified atom stereocenters. The number of aryl methyl sites for hydroxylation is 3. The third-order valence-corrected chi connectivity index (χ3v) is 5.35. The average molecular weight is 299 g/mol. The molecule has 2 aromatic heterocycles. The number of aromatic amines is 1. The van der Waals surface area contributed by atoms with Gasteiger partial charge in [-0.25, -0.2) is 18.1 Å². The Labute approximate surface area is 117 Å². The molecule has 104 valence electrons. The largest absolute Gasteiger partial charge is 0.332 e. The van der Waals surface area contributed by atoms with E-state index in [9.17, 15) is 8.42 Å². The number of rotatable bonds is 5. The second kappa shape index (κ2) is 5.44. The first-order valence-electron chi connectivity index (χ1n) is 6.02. The summed E-state index contributed by atoms with van der Waals surface area (Å²) in [5.74, 6) is 0.670. The molecule has 0 fully saturated rings. The average Bonchev–Trinajstić information content (AvgIpc) is 2.95. The molecule has 0 aliphatic rings. The predicted octanol–water partition coefficient (Wildman–Crippen LogP) is 2.13. The van der Waals surface area contributed by atoms with Crippen molar-refractivity contribution in [1.82, 2.24) is 14.7 Å². The van der Waals surface area contributed by atoms with Gasteiger partial charge in [-0.1, -0.05) is 6.92 Å². The summed E-state index contributed by atoms with van der Waals surface area (Å²) in [5.41, 5.74) is 1.19. The molecule has 7 heteroatoms. The molecule has 0 radical (unpaired) electrons. The Balaban J connectivity index is 2.09. The van der Waals surface area contributed by atoms with Gasteiger partial charge in [-0.3, -0.25) is 0 Å². The molecule has 19 heavy (non-hydrogen) atoms. The van der Waals surface area contributed by atoms with Crippen LogP contribution in [-0.2, 0) is 23.0 Å². The summed E-state index contributed by atoms with van der Waals surface area (Å²) in [6.07, 6.45) is 2.03. The van der Waals surface area contributed by atoms with Crippen molar-refractivity contribution in [3.8, 4) is 0 Å². The molecule has 0 aliphatic carbocycles. The van der Waals surface area contributed by atoms with Gasteiger partial charge in [0.25, 0.3) is 10.0 Å². The topological polar surface area (TPSA) is 74.8 Å². The first kappa shape index (κ1) is 14.2. The van der Waals surface area contributed by atoms with Gasteiger partial charge in [-0.15, -0.1) is 11.3 Å². The van der Waals surface area contributed by atoms with Crippen molar-refractivity contribution in [2.24, 2.45) is 0 Å². The van der Waals surface area contributed by atoms with Crippen molar-refractivity contribution < 1.29 is 8.42 Å². The minimum atomic E-state index is -3.51. The molecular weight excluding hydrogens is 282 g/mol. The van der Waals surface area contributed by atoms with E-state index in [-0.39, 0.29) is 5.03 Å². The van der Waals surface area contributed by atoms with Crippen molar-refractivity contribution in [2.45, 2.75) is 38.8 Å². The van der Waals surface area contributed by atoms with Gasteiger partial charge in [0.1, 0.15) is 5.82 Å². The molecule has 0 saturated carbocycles. The minimum absolute atomic E-state index is 0.120. The SMILES string of the molecule is CCc1ncc(S(=O)(=O)NCc2cc(C)c(C)s2)[nH]1. The normalized spacial score (nSPS) is 11.9. The van der Waals surface area contributed by atoms with Crippen LogP contribution >= 0.6 is 11.3 Å². The standard InChI is InChI=1S/C12H17N3O2S2/c1-4-11-13-7-12(15-11)19(16,17)14-6-10-5-8(2)9(3)18-10/h5,7,14H,4,6H2,1-3H3,(H,13,15). The fraction of sp³-hybridized carbons (Fsp3) is 0.417. The maximum absolute atomic E-state index is 12.0. The van der Waals surface area contributed by atoms with E-state index < -0.39 is 10.0 Å². The van der Waals surface area contributed by atoms with E-state index in [4.69, 9.17) is 0 Å². The lowest BCUT2D eigenvalue weighted by atomic mass is 10.3. The number of imidazole rings is 1. The van der Waals surface area contributed by atoms with Crippen molar-refractivity contribution in [3.63, 3.8) is 0 Å². The smallest absolute Gasteiger partial charge is 0.257 e. The quantitative estimate of drug-likeness (QED) is 0.888. The Morgan fingerprint density at radius 3 is 2.68 bits per heavy atom. The number of sulfonamides is 1. The third-order valence-electron chi connectivity index (χ3n) is 2.88. The van der Waals surface area contributed by atoms with Gasteiger partial charge in [-0.05, 0) is 25.5 Å². The van der Waals surface area contributed by atoms with E-state index in [1.165, 1.54) is 16.6 Å². The van der Waals surface area contributed by atoms with Gasteiger partial charge in [0.05, 0.1) is 6.20 Å². The van der Waals surface area contributed by atoms with Gasteiger partial charge in [0.2, 0.25) is 0 Å². The Bertz CT molecular complexity index is 651. The summed E-state index contributed by atoms with van der Waals surface area (Å²) >= 11 is 1.61. The fourth-order valence-corrected chi connectivity index (χ4v) is 3.67. The molecule has 0 aliphatic heterocycles. The van der Waals surface area contributed by atoms with E-state index in [1.807, 2.05) is 26.8 Å². The molecule has 2 N–H and O–H groups in total. The van der Waals surface area contributed by atoms with Crippen LogP contribution in [0.4, 0.5) is 0 Å². The molecule has 0 aromatic carbocycles. The zero-order chi connectivity index (χ0) is 14.0. The highest BCUT2D eigenvalue weighted by Crippen LogP contribution is 2.20. The molecule has 0 atom stereocenters. The summed E-state index contributed by atoms with van der Waals surface area (Å²) in [4.78, 5) is 9.02. The van der Waals surface area contributed by atoms with E-state index in [2.05, 4.69) is 14.7 Å². The highest BCUT2D eigenvalue weighted by atomic mass is 32.2. The molecule has 0 bridgehead atoms. The van der Waals surface area contributed by atoms with Crippen LogP contribution in [-0.4, -0.2) is 18.4 Å². The first-order chi connectivity index (χ1) is 8.92. The zero-order valence-electron chi connectivity index (χ0n) is 11.1. The Hall–Kier alpha value is -1.18. The monoisotopic (exact) mass is 299 g/mol. The number of thiophene rings is 1. The summed E-state index contributed by atoms with van der Waals surface area (Å²) in [6.45, 7) is 6.27. The van der Waals surface area contributed by atoms with Crippen LogP contribution in [0.25, 0.3) is 0 Å². The van der Waals surface area contributed by atoms with Gasteiger partial charge in [0.15, 0.2) is 5.03 Å². The van der Waals surface area contributed by atoms with Crippen LogP contribution < -0.4 is 4.72 Å². The maximum Gasteiger partial charge on any atom is 0.257 e. The Kier molecular flexibility index (Phi) is 4.07. The van der Waals surface area contributed by atoms with Gasteiger partial charge in [-0.2, -0.15) is 0 Å². The van der Waals surface area contributed by atoms with Crippen molar-refractivity contribution >= 4 is 21.4 Å². The highest BCUT2D eigenvalue weighted by molar-refractivity contribution is 7.89. The van der Waals surface area contributed by atoms with Crippen LogP contribution in [0.3, 0.4) is 0 Å². The van der Waals surface area contributed by atoms with E-state index in [1.54, 1.807) is 11.3 Å². The molecule has 0 amide bonds. The van der Waals surface area contributed by atoms with Gasteiger partial charge in [0, 0.05) is 22.7 Å². The molecule has 2 heterocycles. The number of hydrogen-bond donors (Lipinski definition) is 2. The van der Waals surface area contributed by atoms with Crippen LogP contribution in [0.5, 0.6) is 0 Å². The molecular formula is C12H17N3O2S2. The molecule has 5 nitrogen and oxygen atoms in total. The Morgan fingerprint density at radius 2 is 2.16 bits per heavy atom. The predicted molar refractivity (Wildman–Crippen MR) is 75.8 cm³/mol. The number of H-pyrrole nitrogens is 1. The minimum Gasteiger partial charge on any atom is -0.332 e. The lowest BCUT2D eigenvalue weighted by molar-refractivity contribution is 0.578. The number of hydrogen-bond acceptors (Lipinski definition) is 4. The Morgan fingerprint density at radius 1 is 1.42 bits per heavy atom. The zero-order valence-corrected chi connectivity index (χ0v) is 12.8. The van der Waals surface area contributed by atoms with Crippen molar-refractivity contribution in [1.29, 1.82) is 0 Å². The third kappa shape index (κ3) is 3.23. The first-order valence-corrected chi connectivity index (χ1v) is 8.32. The molecule has 0 spiro atoms. The van der Waals surface area contributed by atoms with Gasteiger partial charge < -0.3 is 4.98 Å². The van der Waals surface area contributed by atoms with Crippen LogP contribution in [0.1, 0.15) is 28.1 Å². The van der Waals surface area contributed by atoms with Crippen LogP contribution in [0, 0.1) is 13.8 Å². The molecule has 2 rings (SSSR count). The van der Waals surface area contributed by atoms with Crippen LogP contribution in [0.15, 0.2) is 17.3 Å². The number of nitrogens with zero attached hydrogens (tertiary/aromatic N) is 1. The lowest BCUT2D eigenvalue weighted by Gasteiger charge is -2.02. The number of aromatic nitrogens is 2. The molecule has 0 saturated heterocycles. The van der Waals surface area contributed by atoms with Crippen LogP contribution in [0.2, 0.25) is 0 Å². The lowest BCUT2D eigenvalue weighted by Crippen LogP contribution is -2.23. The summed E-state index contributed by atoms with van der Waals surface area (Å²) in [5, 5.41) is 0.120. The number of nitrogens with one attached hydrogen (secondary N) is 2. The second-order valence-corrected chi connectivity index (χ2v) is 7.40. The summed E-state index contributed by atoms with van der Waals surface area (Å²) in [6, 6.07) is 2.01. The van der Waals surface area contributed by atoms with Crippen molar-refractivity contribution in [2.75, 3.05) is 0 Å². The fourth-order valence-electron chi connectivity index (χ4n) is 1.64. The molecule has 2 aromatic rings. The second-order valence-electron chi connectivity index (χ2n) is 4.32. The highest BCUT2D eigenvalue weighted by Gasteiger charge is 2.17.